The molecule has 6 rings (SSSR count). The first kappa shape index (κ1) is 24.0. The van der Waals surface area contributed by atoms with Crippen molar-refractivity contribution in [1.82, 2.24) is 34.7 Å². The minimum absolute atomic E-state index is 0.340. The summed E-state index contributed by atoms with van der Waals surface area (Å²) in [4.78, 5) is 6.91. The molecule has 2 atom stereocenters. The normalized spacial score (nSPS) is 25.2. The first-order valence-corrected chi connectivity index (χ1v) is 13.2. The van der Waals surface area contributed by atoms with Crippen molar-refractivity contribution in [1.29, 1.82) is 0 Å². The topological polar surface area (TPSA) is 73.9 Å². The lowest BCUT2D eigenvalue weighted by Crippen LogP contribution is -2.61. The number of aromatic nitrogens is 6. The Balaban J connectivity index is 1.15. The second kappa shape index (κ2) is 9.20. The summed E-state index contributed by atoms with van der Waals surface area (Å²) in [5.41, 5.74) is 2.46. The Bertz CT molecular complexity index is 1270. The summed E-state index contributed by atoms with van der Waals surface area (Å²) in [5.74, 6) is -2.98. The molecule has 0 N–H and O–H groups in total. The van der Waals surface area contributed by atoms with Crippen LogP contribution in [0.4, 0.5) is 8.78 Å². The van der Waals surface area contributed by atoms with Crippen molar-refractivity contribution in [2.24, 2.45) is 5.92 Å². The highest BCUT2D eigenvalue weighted by Crippen LogP contribution is 2.56. The van der Waals surface area contributed by atoms with Gasteiger partial charge in [0.05, 0.1) is 39.6 Å². The van der Waals surface area contributed by atoms with Crippen LogP contribution >= 0.6 is 23.4 Å². The molecule has 0 radical (unpaired) electrons. The average molecular weight is 534 g/mol. The molecule has 2 saturated heterocycles. The number of thioether (sulfide) groups is 1. The van der Waals surface area contributed by atoms with Gasteiger partial charge < -0.3 is 4.74 Å². The van der Waals surface area contributed by atoms with Crippen molar-refractivity contribution < 1.29 is 13.5 Å². The van der Waals surface area contributed by atoms with Crippen molar-refractivity contribution in [2.75, 3.05) is 19.7 Å². The molecule has 12 heteroatoms. The lowest BCUT2D eigenvalue weighted by Gasteiger charge is -2.51. The van der Waals surface area contributed by atoms with Crippen LogP contribution in [0.5, 0.6) is 0 Å². The van der Waals surface area contributed by atoms with Crippen LogP contribution < -0.4 is 0 Å². The molecule has 2 fully saturated rings. The Morgan fingerprint density at radius 3 is 2.81 bits per heavy atom. The number of likely N-dealkylation sites (tertiary alicyclic amines) is 1. The number of allylic oxidation sites excluding steroid dienone is 1. The maximum absolute atomic E-state index is 14.5. The summed E-state index contributed by atoms with van der Waals surface area (Å²) in [6, 6.07) is 3.91. The summed E-state index contributed by atoms with van der Waals surface area (Å²) in [7, 11) is 0. The zero-order valence-electron chi connectivity index (χ0n) is 19.7. The molecule has 3 aliphatic rings. The van der Waals surface area contributed by atoms with E-state index in [1.165, 1.54) is 17.8 Å². The zero-order valence-corrected chi connectivity index (χ0v) is 21.3. The predicted octanol–water partition coefficient (Wildman–Crippen LogP) is 4.03. The lowest BCUT2D eigenvalue weighted by molar-refractivity contribution is -0.215. The van der Waals surface area contributed by atoms with E-state index in [-0.39, 0.29) is 5.25 Å². The summed E-state index contributed by atoms with van der Waals surface area (Å²) in [5, 5.41) is 12.3. The van der Waals surface area contributed by atoms with E-state index < -0.39 is 24.0 Å². The molecular formula is C24H26ClF2N7OS. The number of fused-ring (bicyclic) bond motifs is 2. The van der Waals surface area contributed by atoms with Crippen molar-refractivity contribution in [2.45, 2.75) is 49.6 Å². The second-order valence-electron chi connectivity index (χ2n) is 9.70. The van der Waals surface area contributed by atoms with E-state index in [1.807, 2.05) is 36.1 Å². The highest BCUT2D eigenvalue weighted by molar-refractivity contribution is 8.05. The molecule has 190 valence electrons. The summed E-state index contributed by atoms with van der Waals surface area (Å²) in [6.07, 6.45) is 10.2. The van der Waals surface area contributed by atoms with Crippen molar-refractivity contribution in [3.63, 3.8) is 0 Å². The van der Waals surface area contributed by atoms with Crippen molar-refractivity contribution in [3.05, 3.63) is 64.2 Å². The minimum Gasteiger partial charge on any atom is -0.367 e. The molecule has 0 bridgehead atoms. The maximum Gasteiger partial charge on any atom is 0.278 e. The van der Waals surface area contributed by atoms with Gasteiger partial charge in [0.2, 0.25) is 0 Å². The van der Waals surface area contributed by atoms with Gasteiger partial charge in [-0.3, -0.25) is 4.90 Å². The highest BCUT2D eigenvalue weighted by Gasteiger charge is 2.60. The molecule has 6 heterocycles. The van der Waals surface area contributed by atoms with Gasteiger partial charge in [0, 0.05) is 49.4 Å². The fourth-order valence-corrected chi connectivity index (χ4v) is 7.26. The molecular weight excluding hydrogens is 508 g/mol. The van der Waals surface area contributed by atoms with Crippen LogP contribution in [0.3, 0.4) is 0 Å². The number of aryl methyl sites for hydroxylation is 1. The predicted molar refractivity (Wildman–Crippen MR) is 132 cm³/mol. The Kier molecular flexibility index (Phi) is 6.14. The highest BCUT2D eigenvalue weighted by atomic mass is 35.5. The summed E-state index contributed by atoms with van der Waals surface area (Å²) >= 11 is 7.52. The fraction of sp³-hybridized carbons (Fsp3) is 0.500. The summed E-state index contributed by atoms with van der Waals surface area (Å²) < 4.78 is 38.9. The van der Waals surface area contributed by atoms with E-state index in [0.717, 1.165) is 42.3 Å². The minimum atomic E-state index is -2.87. The molecule has 3 aromatic rings. The van der Waals surface area contributed by atoms with Gasteiger partial charge >= 0.3 is 0 Å². The zero-order chi connectivity index (χ0) is 24.9. The van der Waals surface area contributed by atoms with E-state index >= 15 is 0 Å². The quantitative estimate of drug-likeness (QED) is 0.490. The number of halogens is 3. The van der Waals surface area contributed by atoms with E-state index in [0.29, 0.717) is 23.8 Å². The van der Waals surface area contributed by atoms with Gasteiger partial charge in [-0.1, -0.05) is 22.9 Å². The van der Waals surface area contributed by atoms with E-state index in [4.69, 9.17) is 21.4 Å². The number of hydrogen-bond acceptors (Lipinski definition) is 7. The number of alkyl halides is 2. The van der Waals surface area contributed by atoms with Gasteiger partial charge in [0.15, 0.2) is 5.82 Å². The van der Waals surface area contributed by atoms with Crippen LogP contribution in [0.25, 0.3) is 5.82 Å². The number of rotatable bonds is 5. The SMILES string of the molecule is Cc1nn(-c2ncccc2Cn2ccnn2)cc1CN1CCC2(CC1)OCC(F)(F)C1C=C(Cl)SC12. The van der Waals surface area contributed by atoms with Crippen molar-refractivity contribution in [3.8, 4) is 5.82 Å². The first-order chi connectivity index (χ1) is 17.3. The molecule has 36 heavy (non-hydrogen) atoms. The molecule has 3 aliphatic heterocycles. The Labute approximate surface area is 216 Å². The van der Waals surface area contributed by atoms with Gasteiger partial charge in [0.25, 0.3) is 5.92 Å². The van der Waals surface area contributed by atoms with E-state index in [1.54, 1.807) is 17.1 Å². The number of piperidine rings is 1. The van der Waals surface area contributed by atoms with Crippen LogP contribution in [0, 0.1) is 12.8 Å². The third-order valence-electron chi connectivity index (χ3n) is 7.42. The molecule has 0 aliphatic carbocycles. The molecule has 1 spiro atoms. The van der Waals surface area contributed by atoms with Crippen LogP contribution in [0.1, 0.15) is 29.7 Å². The molecule has 2 unspecified atom stereocenters. The van der Waals surface area contributed by atoms with Crippen molar-refractivity contribution >= 4 is 23.4 Å². The Morgan fingerprint density at radius 1 is 1.19 bits per heavy atom. The smallest absolute Gasteiger partial charge is 0.278 e. The summed E-state index contributed by atoms with van der Waals surface area (Å²) in [6.45, 7) is 4.25. The lowest BCUT2D eigenvalue weighted by atomic mass is 9.77. The van der Waals surface area contributed by atoms with Gasteiger partial charge in [-0.2, -0.15) is 5.10 Å². The van der Waals surface area contributed by atoms with Crippen LogP contribution in [-0.4, -0.2) is 71.1 Å². The molecule has 3 aromatic heterocycles. The number of ether oxygens (including phenoxy) is 1. The standard InChI is InChI=1S/C24H26ClF2N7OS/c1-16-18(14-34(30-16)22-17(3-2-6-28-22)13-33-10-7-29-31-33)12-32-8-4-23(5-9-32)21-19(11-20(25)36-21)24(26,27)15-35-23/h2-3,6-7,10-11,14,19,21H,4-5,8-9,12-13,15H2,1H3. The first-order valence-electron chi connectivity index (χ1n) is 11.9. The molecule has 0 amide bonds. The van der Waals surface area contributed by atoms with Gasteiger partial charge in [-0.15, -0.1) is 16.9 Å². The van der Waals surface area contributed by atoms with Gasteiger partial charge in [-0.25, -0.2) is 23.1 Å². The number of hydrogen-bond donors (Lipinski definition) is 0. The fourth-order valence-electron chi connectivity index (χ4n) is 5.43. The van der Waals surface area contributed by atoms with Crippen LogP contribution in [0.2, 0.25) is 0 Å². The molecule has 8 nitrogen and oxygen atoms in total. The van der Waals surface area contributed by atoms with Gasteiger partial charge in [-0.05, 0) is 31.9 Å². The number of pyridine rings is 1. The van der Waals surface area contributed by atoms with E-state index in [9.17, 15) is 8.78 Å². The largest absolute Gasteiger partial charge is 0.367 e. The molecule has 0 aromatic carbocycles. The second-order valence-corrected chi connectivity index (χ2v) is 11.5. The number of nitrogens with zero attached hydrogens (tertiary/aromatic N) is 7. The van der Waals surface area contributed by atoms with E-state index in [2.05, 4.69) is 20.2 Å². The molecule has 0 saturated carbocycles. The maximum atomic E-state index is 14.5. The Morgan fingerprint density at radius 2 is 2.03 bits per heavy atom. The Hall–Kier alpha value is -2.34. The monoisotopic (exact) mass is 533 g/mol. The average Bonchev–Trinajstić information content (AvgIpc) is 3.60. The van der Waals surface area contributed by atoms with Crippen LogP contribution in [-0.2, 0) is 17.8 Å². The third kappa shape index (κ3) is 4.36. The van der Waals surface area contributed by atoms with Gasteiger partial charge in [0.1, 0.15) is 6.61 Å². The third-order valence-corrected chi connectivity index (χ3v) is 9.15. The van der Waals surface area contributed by atoms with Crippen LogP contribution in [0.15, 0.2) is 47.4 Å².